The third-order valence-corrected chi connectivity index (χ3v) is 2.62. The van der Waals surface area contributed by atoms with E-state index in [-0.39, 0.29) is 29.2 Å². The highest BCUT2D eigenvalue weighted by Crippen LogP contribution is 2.25. The van der Waals surface area contributed by atoms with Crippen LogP contribution < -0.4 is 0 Å². The lowest BCUT2D eigenvalue weighted by Gasteiger charge is -1.99. The van der Waals surface area contributed by atoms with Crippen LogP contribution in [0.1, 0.15) is 15.9 Å². The Balaban J connectivity index is 0.000000231. The van der Waals surface area contributed by atoms with Gasteiger partial charge in [0.2, 0.25) is 0 Å². The number of aromatic carboxylic acids is 1. The van der Waals surface area contributed by atoms with Crippen LogP contribution in [-0.4, -0.2) is 42.6 Å². The zero-order valence-corrected chi connectivity index (χ0v) is 11.7. The third-order valence-electron chi connectivity index (χ3n) is 2.62. The second-order valence-electron chi connectivity index (χ2n) is 4.40. The van der Waals surface area contributed by atoms with Crippen LogP contribution in [0, 0.1) is 0 Å². The SMILES string of the molecule is O=C(O)Cc1ccc(O)c(O)c1.O=C(O)c1ccc(O)c(O)c1. The first-order valence-corrected chi connectivity index (χ1v) is 6.18. The van der Waals surface area contributed by atoms with Crippen molar-refractivity contribution in [2.24, 2.45) is 0 Å². The molecule has 0 saturated carbocycles. The molecule has 8 nitrogen and oxygen atoms in total. The molecule has 0 saturated heterocycles. The molecule has 0 spiro atoms. The van der Waals surface area contributed by atoms with E-state index < -0.39 is 17.7 Å². The van der Waals surface area contributed by atoms with Gasteiger partial charge in [-0.3, -0.25) is 4.79 Å². The van der Waals surface area contributed by atoms with E-state index in [0.29, 0.717) is 5.56 Å². The number of aromatic hydroxyl groups is 4. The Morgan fingerprint density at radius 2 is 1.26 bits per heavy atom. The molecule has 0 amide bonds. The highest BCUT2D eigenvalue weighted by atomic mass is 16.4. The van der Waals surface area contributed by atoms with Gasteiger partial charge in [-0.25, -0.2) is 4.79 Å². The molecule has 0 heterocycles. The fourth-order valence-electron chi connectivity index (χ4n) is 1.51. The average Bonchev–Trinajstić information content (AvgIpc) is 2.46. The van der Waals surface area contributed by atoms with Crippen molar-refractivity contribution < 1.29 is 40.2 Å². The largest absolute Gasteiger partial charge is 0.504 e. The number of benzene rings is 2. The van der Waals surface area contributed by atoms with Crippen LogP contribution in [-0.2, 0) is 11.2 Å². The Kier molecular flexibility index (Phi) is 5.79. The number of hydrogen-bond acceptors (Lipinski definition) is 6. The maximum absolute atomic E-state index is 10.3. The predicted octanol–water partition coefficient (Wildman–Crippen LogP) is 1.52. The maximum Gasteiger partial charge on any atom is 0.335 e. The fourth-order valence-corrected chi connectivity index (χ4v) is 1.51. The lowest BCUT2D eigenvalue weighted by Crippen LogP contribution is -1.99. The van der Waals surface area contributed by atoms with Crippen molar-refractivity contribution in [3.63, 3.8) is 0 Å². The van der Waals surface area contributed by atoms with Crippen molar-refractivity contribution in [2.45, 2.75) is 6.42 Å². The van der Waals surface area contributed by atoms with Gasteiger partial charge in [-0.2, -0.15) is 0 Å². The molecule has 0 aliphatic rings. The first kappa shape index (κ1) is 17.6. The number of phenolic OH excluding ortho intramolecular Hbond substituents is 4. The lowest BCUT2D eigenvalue weighted by atomic mass is 10.1. The third kappa shape index (κ3) is 5.46. The van der Waals surface area contributed by atoms with Crippen molar-refractivity contribution in [2.75, 3.05) is 0 Å². The number of carbonyl (C=O) groups is 2. The Hall–Kier alpha value is -3.42. The molecule has 0 radical (unpaired) electrons. The summed E-state index contributed by atoms with van der Waals surface area (Å²) in [5.41, 5.74) is 0.401. The van der Waals surface area contributed by atoms with E-state index in [1.807, 2.05) is 0 Å². The number of carboxylic acids is 2. The highest BCUT2D eigenvalue weighted by Gasteiger charge is 2.05. The summed E-state index contributed by atoms with van der Waals surface area (Å²) >= 11 is 0. The molecule has 0 atom stereocenters. The van der Waals surface area contributed by atoms with Crippen molar-refractivity contribution in [1.29, 1.82) is 0 Å². The minimum Gasteiger partial charge on any atom is -0.504 e. The monoisotopic (exact) mass is 322 g/mol. The minimum atomic E-state index is -1.14. The van der Waals surface area contributed by atoms with E-state index in [1.165, 1.54) is 24.3 Å². The predicted molar refractivity (Wildman–Crippen MR) is 77.8 cm³/mol. The van der Waals surface area contributed by atoms with E-state index in [4.69, 9.17) is 30.6 Å². The Labute approximate surface area is 130 Å². The topological polar surface area (TPSA) is 156 Å². The summed E-state index contributed by atoms with van der Waals surface area (Å²) in [7, 11) is 0. The van der Waals surface area contributed by atoms with Crippen molar-refractivity contribution in [1.82, 2.24) is 0 Å². The van der Waals surface area contributed by atoms with Crippen LogP contribution >= 0.6 is 0 Å². The van der Waals surface area contributed by atoms with E-state index in [1.54, 1.807) is 0 Å². The zero-order valence-electron chi connectivity index (χ0n) is 11.7. The van der Waals surface area contributed by atoms with Gasteiger partial charge in [0.25, 0.3) is 0 Å². The maximum atomic E-state index is 10.3. The standard InChI is InChI=1S/C8H8O4.C7H6O4/c9-6-2-1-5(3-7(6)10)4-8(11)12;8-5-2-1-4(7(10)11)3-6(5)9/h1-3,9-10H,4H2,(H,11,12);1-3,8-9H,(H,10,11). The number of aliphatic carboxylic acids is 1. The Bertz CT molecular complexity index is 723. The van der Waals surface area contributed by atoms with E-state index >= 15 is 0 Å². The molecule has 8 heteroatoms. The molecule has 0 unspecified atom stereocenters. The number of carboxylic acid groups (broad SMARTS) is 2. The molecular weight excluding hydrogens is 308 g/mol. The smallest absolute Gasteiger partial charge is 0.335 e. The van der Waals surface area contributed by atoms with Gasteiger partial charge in [-0.15, -0.1) is 0 Å². The van der Waals surface area contributed by atoms with Crippen LogP contribution in [0.2, 0.25) is 0 Å². The summed E-state index contributed by atoms with van der Waals surface area (Å²) in [5, 5.41) is 52.3. The van der Waals surface area contributed by atoms with Gasteiger partial charge in [-0.1, -0.05) is 6.07 Å². The van der Waals surface area contributed by atoms with Crippen LogP contribution in [0.15, 0.2) is 36.4 Å². The van der Waals surface area contributed by atoms with Gasteiger partial charge >= 0.3 is 11.9 Å². The highest BCUT2D eigenvalue weighted by molar-refractivity contribution is 5.88. The molecule has 0 aromatic heterocycles. The summed E-state index contributed by atoms with van der Waals surface area (Å²) in [6, 6.07) is 7.24. The van der Waals surface area contributed by atoms with Gasteiger partial charge in [0.1, 0.15) is 0 Å². The van der Waals surface area contributed by atoms with E-state index in [2.05, 4.69) is 0 Å². The molecule has 2 rings (SSSR count). The second-order valence-corrected chi connectivity index (χ2v) is 4.40. The number of hydrogen-bond donors (Lipinski definition) is 6. The zero-order chi connectivity index (χ0) is 17.6. The molecule has 2 aromatic carbocycles. The molecule has 2 aromatic rings. The van der Waals surface area contributed by atoms with Gasteiger partial charge in [0.15, 0.2) is 23.0 Å². The van der Waals surface area contributed by atoms with Gasteiger partial charge in [-0.05, 0) is 35.9 Å². The van der Waals surface area contributed by atoms with Gasteiger partial charge < -0.3 is 30.6 Å². The van der Waals surface area contributed by atoms with E-state index in [0.717, 1.165) is 12.1 Å². The summed E-state index contributed by atoms with van der Waals surface area (Å²) in [6.45, 7) is 0. The van der Waals surface area contributed by atoms with Crippen LogP contribution in [0.25, 0.3) is 0 Å². The van der Waals surface area contributed by atoms with Gasteiger partial charge in [0, 0.05) is 0 Å². The Morgan fingerprint density at radius 3 is 1.70 bits per heavy atom. The first-order valence-electron chi connectivity index (χ1n) is 6.18. The summed E-state index contributed by atoms with van der Waals surface area (Å²) in [5.74, 6) is -3.40. The molecule has 23 heavy (non-hydrogen) atoms. The van der Waals surface area contributed by atoms with Crippen LogP contribution in [0.4, 0.5) is 0 Å². The van der Waals surface area contributed by atoms with E-state index in [9.17, 15) is 9.59 Å². The quantitative estimate of drug-likeness (QED) is 0.464. The molecule has 122 valence electrons. The molecular formula is C15H14O8. The molecule has 6 N–H and O–H groups in total. The summed E-state index contributed by atoms with van der Waals surface area (Å²) in [4.78, 5) is 20.5. The Morgan fingerprint density at radius 1 is 0.739 bits per heavy atom. The van der Waals surface area contributed by atoms with Crippen molar-refractivity contribution in [3.8, 4) is 23.0 Å². The number of phenols is 4. The van der Waals surface area contributed by atoms with Gasteiger partial charge in [0.05, 0.1) is 12.0 Å². The van der Waals surface area contributed by atoms with Crippen molar-refractivity contribution in [3.05, 3.63) is 47.5 Å². The summed E-state index contributed by atoms with van der Waals surface area (Å²) in [6.07, 6.45) is -0.159. The molecule has 0 aliphatic heterocycles. The second kappa shape index (κ2) is 7.55. The van der Waals surface area contributed by atoms with Crippen molar-refractivity contribution >= 4 is 11.9 Å². The first-order chi connectivity index (χ1) is 10.7. The minimum absolute atomic E-state index is 0.0553. The fraction of sp³-hybridized carbons (Fsp3) is 0.0667. The molecule has 0 aliphatic carbocycles. The lowest BCUT2D eigenvalue weighted by molar-refractivity contribution is -0.136. The number of rotatable bonds is 3. The molecule has 0 fully saturated rings. The summed E-state index contributed by atoms with van der Waals surface area (Å²) < 4.78 is 0. The average molecular weight is 322 g/mol. The van der Waals surface area contributed by atoms with Crippen LogP contribution in [0.3, 0.4) is 0 Å². The normalized spacial score (nSPS) is 9.57. The van der Waals surface area contributed by atoms with Crippen LogP contribution in [0.5, 0.6) is 23.0 Å². The molecule has 0 bridgehead atoms.